The highest BCUT2D eigenvalue weighted by atomic mass is 35.5. The number of aliphatic hydroxyl groups is 1. The molecule has 0 unspecified atom stereocenters. The molecule has 1 aromatic heterocycles. The molecule has 0 aliphatic rings. The fourth-order valence-corrected chi connectivity index (χ4v) is 2.91. The third-order valence-electron chi connectivity index (χ3n) is 4.63. The average molecular weight is 448 g/mol. The van der Waals surface area contributed by atoms with Gasteiger partial charge in [-0.3, -0.25) is 9.59 Å². The molecule has 0 aliphatic heterocycles. The van der Waals surface area contributed by atoms with Gasteiger partial charge in [0.25, 0.3) is 11.5 Å². The van der Waals surface area contributed by atoms with E-state index in [0.29, 0.717) is 16.7 Å². The summed E-state index contributed by atoms with van der Waals surface area (Å²) >= 11 is 5.92. The second-order valence-corrected chi connectivity index (χ2v) is 7.75. The third-order valence-corrected chi connectivity index (χ3v) is 4.88. The Hall–Kier alpha value is -3.10. The summed E-state index contributed by atoms with van der Waals surface area (Å²) in [5, 5.41) is 17.1. The van der Waals surface area contributed by atoms with Crippen LogP contribution in [0.3, 0.4) is 0 Å². The van der Waals surface area contributed by atoms with Gasteiger partial charge in [0.05, 0.1) is 17.5 Å². The summed E-state index contributed by atoms with van der Waals surface area (Å²) in [5.74, 6) is -2.64. The Labute approximate surface area is 182 Å². The highest BCUT2D eigenvalue weighted by molar-refractivity contribution is 6.30. The van der Waals surface area contributed by atoms with E-state index >= 15 is 0 Å². The number of nitrogens with zero attached hydrogens (tertiary/aromatic N) is 2. The summed E-state index contributed by atoms with van der Waals surface area (Å²) in [7, 11) is 0. The van der Waals surface area contributed by atoms with Crippen LogP contribution in [-0.2, 0) is 0 Å². The first-order valence-corrected chi connectivity index (χ1v) is 9.86. The van der Waals surface area contributed by atoms with E-state index in [1.54, 1.807) is 38.1 Å². The Bertz CT molecular complexity index is 1140. The Morgan fingerprint density at radius 1 is 1.13 bits per heavy atom. The number of aliphatic hydroxyl groups excluding tert-OH is 1. The summed E-state index contributed by atoms with van der Waals surface area (Å²) in [6, 6.07) is 10.3. The lowest BCUT2D eigenvalue weighted by Crippen LogP contribution is -2.38. The summed E-state index contributed by atoms with van der Waals surface area (Å²) in [5.41, 5.74) is -0.573. The third kappa shape index (κ3) is 5.34. The van der Waals surface area contributed by atoms with Crippen molar-refractivity contribution in [3.05, 3.63) is 81.1 Å². The minimum Gasteiger partial charge on any atom is -0.391 e. The number of benzene rings is 2. The lowest BCUT2D eigenvalue weighted by Gasteiger charge is -2.16. The zero-order valence-corrected chi connectivity index (χ0v) is 17.5. The molecule has 6 nitrogen and oxygen atoms in total. The maximum Gasteiger partial charge on any atom is 0.284 e. The molecule has 0 saturated carbocycles. The lowest BCUT2D eigenvalue weighted by atomic mass is 10.1. The molecule has 2 aromatic carbocycles. The molecule has 0 saturated heterocycles. The Morgan fingerprint density at radius 3 is 2.32 bits per heavy atom. The Kier molecular flexibility index (Phi) is 6.82. The summed E-state index contributed by atoms with van der Waals surface area (Å²) in [6.07, 6.45) is -0.805. The number of amides is 1. The lowest BCUT2D eigenvalue weighted by molar-refractivity contribution is 0.0869. The number of carbonyl (C=O) groups excluding carboxylic acids is 1. The van der Waals surface area contributed by atoms with Crippen LogP contribution in [0, 0.1) is 17.6 Å². The number of aromatic nitrogens is 2. The molecule has 3 rings (SSSR count). The predicted molar refractivity (Wildman–Crippen MR) is 113 cm³/mol. The molecule has 31 heavy (non-hydrogen) atoms. The van der Waals surface area contributed by atoms with E-state index in [1.807, 2.05) is 0 Å². The van der Waals surface area contributed by atoms with Gasteiger partial charge in [0.1, 0.15) is 17.2 Å². The van der Waals surface area contributed by atoms with E-state index in [9.17, 15) is 23.5 Å². The molecular formula is C22H20ClF2N3O3. The van der Waals surface area contributed by atoms with E-state index in [-0.39, 0.29) is 29.4 Å². The molecular weight excluding hydrogens is 428 g/mol. The van der Waals surface area contributed by atoms with Gasteiger partial charge in [0.15, 0.2) is 0 Å². The number of carbonyl (C=O) groups is 1. The van der Waals surface area contributed by atoms with Crippen LogP contribution in [0.1, 0.15) is 24.2 Å². The van der Waals surface area contributed by atoms with Crippen molar-refractivity contribution in [3.8, 4) is 16.9 Å². The van der Waals surface area contributed by atoms with Crippen LogP contribution in [0.4, 0.5) is 8.78 Å². The van der Waals surface area contributed by atoms with Gasteiger partial charge in [-0.25, -0.2) is 8.78 Å². The molecule has 1 atom stereocenters. The molecule has 1 heterocycles. The van der Waals surface area contributed by atoms with Crippen molar-refractivity contribution in [2.75, 3.05) is 6.54 Å². The van der Waals surface area contributed by atoms with Crippen LogP contribution in [0.15, 0.2) is 53.3 Å². The molecule has 1 amide bonds. The largest absolute Gasteiger partial charge is 0.391 e. The smallest absolute Gasteiger partial charge is 0.284 e. The summed E-state index contributed by atoms with van der Waals surface area (Å²) < 4.78 is 28.3. The Morgan fingerprint density at radius 2 is 1.74 bits per heavy atom. The number of hydrogen-bond donors (Lipinski definition) is 2. The minimum atomic E-state index is -0.897. The van der Waals surface area contributed by atoms with Gasteiger partial charge in [-0.1, -0.05) is 37.6 Å². The Balaban J connectivity index is 2.13. The topological polar surface area (TPSA) is 84.2 Å². The number of halogens is 3. The number of hydrogen-bond acceptors (Lipinski definition) is 4. The molecule has 0 fully saturated rings. The quantitative estimate of drug-likeness (QED) is 0.605. The highest BCUT2D eigenvalue weighted by Gasteiger charge is 2.19. The monoisotopic (exact) mass is 447 g/mol. The molecule has 9 heteroatoms. The van der Waals surface area contributed by atoms with Gasteiger partial charge < -0.3 is 10.4 Å². The maximum atomic E-state index is 13.8. The SMILES string of the molecule is CC(C)[C@@H](O)CNC(=O)c1cc(-c2ccc(Cl)cc2)nn(-c2cc(F)cc(F)c2)c1=O. The fraction of sp³-hybridized carbons (Fsp3) is 0.227. The normalized spacial score (nSPS) is 12.1. The van der Waals surface area contributed by atoms with Crippen LogP contribution in [-0.4, -0.2) is 33.4 Å². The van der Waals surface area contributed by atoms with Gasteiger partial charge in [-0.2, -0.15) is 9.78 Å². The van der Waals surface area contributed by atoms with E-state index in [1.165, 1.54) is 6.07 Å². The second kappa shape index (κ2) is 9.36. The van der Waals surface area contributed by atoms with Crippen LogP contribution < -0.4 is 10.9 Å². The number of rotatable bonds is 6. The van der Waals surface area contributed by atoms with Gasteiger partial charge in [0.2, 0.25) is 0 Å². The number of nitrogens with one attached hydrogen (secondary N) is 1. The molecule has 3 aromatic rings. The highest BCUT2D eigenvalue weighted by Crippen LogP contribution is 2.21. The first-order chi connectivity index (χ1) is 14.7. The zero-order chi connectivity index (χ0) is 22.7. The first-order valence-electron chi connectivity index (χ1n) is 9.48. The van der Waals surface area contributed by atoms with Crippen LogP contribution >= 0.6 is 11.6 Å². The molecule has 0 spiro atoms. The van der Waals surface area contributed by atoms with Crippen LogP contribution in [0.25, 0.3) is 16.9 Å². The standard InChI is InChI=1S/C22H20ClF2N3O3/c1-12(2)20(29)11-26-21(30)18-10-19(13-3-5-14(23)6-4-13)27-28(22(18)31)17-8-15(24)7-16(25)9-17/h3-10,12,20,29H,11H2,1-2H3,(H,26,30)/t20-/m0/s1. The van der Waals surface area contributed by atoms with E-state index in [4.69, 9.17) is 11.6 Å². The second-order valence-electron chi connectivity index (χ2n) is 7.32. The van der Waals surface area contributed by atoms with Crippen molar-refractivity contribution >= 4 is 17.5 Å². The van der Waals surface area contributed by atoms with Crippen molar-refractivity contribution in [2.45, 2.75) is 20.0 Å². The van der Waals surface area contributed by atoms with Crippen molar-refractivity contribution in [1.29, 1.82) is 0 Å². The van der Waals surface area contributed by atoms with Crippen molar-refractivity contribution in [2.24, 2.45) is 5.92 Å². The zero-order valence-electron chi connectivity index (χ0n) is 16.8. The first kappa shape index (κ1) is 22.6. The molecule has 0 radical (unpaired) electrons. The summed E-state index contributed by atoms with van der Waals surface area (Å²) in [6.45, 7) is 3.50. The molecule has 162 valence electrons. The van der Waals surface area contributed by atoms with Gasteiger partial charge in [-0.15, -0.1) is 0 Å². The maximum absolute atomic E-state index is 13.8. The van der Waals surface area contributed by atoms with Crippen molar-refractivity contribution < 1.29 is 18.7 Å². The van der Waals surface area contributed by atoms with Crippen LogP contribution in [0.5, 0.6) is 0 Å². The van der Waals surface area contributed by atoms with E-state index < -0.39 is 29.2 Å². The average Bonchev–Trinajstić information content (AvgIpc) is 2.71. The van der Waals surface area contributed by atoms with E-state index in [2.05, 4.69) is 10.4 Å². The van der Waals surface area contributed by atoms with Gasteiger partial charge in [-0.05, 0) is 36.2 Å². The van der Waals surface area contributed by atoms with Crippen molar-refractivity contribution in [3.63, 3.8) is 0 Å². The van der Waals surface area contributed by atoms with Crippen LogP contribution in [0.2, 0.25) is 5.02 Å². The summed E-state index contributed by atoms with van der Waals surface area (Å²) in [4.78, 5) is 25.7. The predicted octanol–water partition coefficient (Wildman–Crippen LogP) is 3.58. The molecule has 2 N–H and O–H groups in total. The van der Waals surface area contributed by atoms with Gasteiger partial charge >= 0.3 is 0 Å². The van der Waals surface area contributed by atoms with Crippen molar-refractivity contribution in [1.82, 2.24) is 15.1 Å². The molecule has 0 aliphatic carbocycles. The van der Waals surface area contributed by atoms with Gasteiger partial charge in [0, 0.05) is 23.2 Å². The molecule has 0 bridgehead atoms. The minimum absolute atomic E-state index is 0.0663. The fourth-order valence-electron chi connectivity index (χ4n) is 2.78. The van der Waals surface area contributed by atoms with E-state index in [0.717, 1.165) is 16.8 Å².